The van der Waals surface area contributed by atoms with E-state index in [4.69, 9.17) is 0 Å². The van der Waals surface area contributed by atoms with E-state index < -0.39 is 6.43 Å². The van der Waals surface area contributed by atoms with E-state index in [-0.39, 0.29) is 5.56 Å². The lowest BCUT2D eigenvalue weighted by Gasteiger charge is -2.32. The normalized spacial score (nSPS) is 13.8. The highest BCUT2D eigenvalue weighted by Crippen LogP contribution is 2.41. The number of nitrogens with one attached hydrogen (secondary N) is 1. The second-order valence-electron chi connectivity index (χ2n) is 7.62. The molecule has 3 heterocycles. The van der Waals surface area contributed by atoms with Gasteiger partial charge in [0, 0.05) is 65.0 Å². The minimum atomic E-state index is -2.59. The first kappa shape index (κ1) is 18.5. The van der Waals surface area contributed by atoms with Gasteiger partial charge in [0.25, 0.3) is 6.43 Å². The monoisotopic (exact) mass is 406 g/mol. The zero-order valence-electron chi connectivity index (χ0n) is 16.4. The number of H-pyrrole nitrogens is 1. The molecule has 0 saturated heterocycles. The molecule has 0 fully saturated rings. The highest BCUT2D eigenvalue weighted by Gasteiger charge is 2.25. The van der Waals surface area contributed by atoms with Crippen LogP contribution in [-0.2, 0) is 13.5 Å². The number of aryl methyl sites for hydroxylation is 2. The first-order valence-electron chi connectivity index (χ1n) is 9.83. The molecule has 1 N–H and O–H groups in total. The van der Waals surface area contributed by atoms with Crippen LogP contribution >= 0.6 is 0 Å². The number of hydrogen-bond acceptors (Lipinski definition) is 3. The van der Waals surface area contributed by atoms with Crippen molar-refractivity contribution in [2.75, 3.05) is 11.4 Å². The molecular formula is C23H20F2N4O. The van der Waals surface area contributed by atoms with E-state index in [1.807, 2.05) is 24.3 Å². The number of aromatic amines is 1. The third kappa shape index (κ3) is 2.98. The Labute approximate surface area is 171 Å². The van der Waals surface area contributed by atoms with Gasteiger partial charge in [-0.3, -0.25) is 9.48 Å². The van der Waals surface area contributed by atoms with Gasteiger partial charge in [-0.15, -0.1) is 0 Å². The van der Waals surface area contributed by atoms with Gasteiger partial charge in [-0.1, -0.05) is 0 Å². The molecule has 0 spiro atoms. The molecule has 5 rings (SSSR count). The molecule has 2 aromatic heterocycles. The predicted octanol–water partition coefficient (Wildman–Crippen LogP) is 5.40. The van der Waals surface area contributed by atoms with Crippen molar-refractivity contribution in [2.45, 2.75) is 19.3 Å². The fourth-order valence-corrected chi connectivity index (χ4v) is 4.30. The van der Waals surface area contributed by atoms with E-state index in [1.54, 1.807) is 36.4 Å². The molecule has 1 aliphatic rings. The summed E-state index contributed by atoms with van der Waals surface area (Å²) in [6.07, 6.45) is 5.03. The van der Waals surface area contributed by atoms with Crippen LogP contribution in [0.4, 0.5) is 20.2 Å². The quantitative estimate of drug-likeness (QED) is 0.462. The molecule has 2 aromatic carbocycles. The number of rotatable bonds is 4. The molecule has 0 saturated carbocycles. The van der Waals surface area contributed by atoms with Crippen LogP contribution in [0.15, 0.2) is 48.9 Å². The number of hydrogen-bond donors (Lipinski definition) is 1. The van der Waals surface area contributed by atoms with Crippen LogP contribution < -0.4 is 4.90 Å². The molecule has 0 unspecified atom stereocenters. The summed E-state index contributed by atoms with van der Waals surface area (Å²) in [5.41, 5.74) is 5.41. The van der Waals surface area contributed by atoms with Gasteiger partial charge in [-0.25, -0.2) is 8.78 Å². The van der Waals surface area contributed by atoms with E-state index in [0.717, 1.165) is 53.5 Å². The lowest BCUT2D eigenvalue weighted by Crippen LogP contribution is -2.25. The Morgan fingerprint density at radius 2 is 2.10 bits per heavy atom. The zero-order valence-corrected chi connectivity index (χ0v) is 16.4. The molecule has 0 bridgehead atoms. The van der Waals surface area contributed by atoms with Gasteiger partial charge in [-0.2, -0.15) is 5.10 Å². The van der Waals surface area contributed by atoms with Crippen LogP contribution in [0.3, 0.4) is 0 Å². The smallest absolute Gasteiger partial charge is 0.264 e. The summed E-state index contributed by atoms with van der Waals surface area (Å²) in [5, 5.41) is 4.97. The fraction of sp³-hybridized carbons (Fsp3) is 0.217. The number of carbonyl (C=O) groups is 1. The standard InChI is InChI=1S/C23H20F2N4O/c1-28-12-15(11-27-28)18-7-14-3-2-6-29(22(14)9-20(18)23(24)25)17-4-5-21-19(8-17)16(13-30)10-26-21/h4-5,7-13,23,26H,2-3,6H2,1H3. The zero-order chi connectivity index (χ0) is 20.8. The molecule has 0 atom stereocenters. The van der Waals surface area contributed by atoms with Crippen LogP contribution in [0.25, 0.3) is 22.0 Å². The average Bonchev–Trinajstić information content (AvgIpc) is 3.37. The molecule has 0 amide bonds. The lowest BCUT2D eigenvalue weighted by molar-refractivity contribution is 0.112. The van der Waals surface area contributed by atoms with Crippen molar-refractivity contribution in [1.29, 1.82) is 0 Å². The van der Waals surface area contributed by atoms with E-state index in [1.165, 1.54) is 0 Å². The third-order valence-electron chi connectivity index (χ3n) is 5.76. The van der Waals surface area contributed by atoms with Gasteiger partial charge in [-0.05, 0) is 54.3 Å². The maximum absolute atomic E-state index is 14.0. The van der Waals surface area contributed by atoms with Crippen molar-refractivity contribution in [2.24, 2.45) is 7.05 Å². The predicted molar refractivity (Wildman–Crippen MR) is 113 cm³/mol. The van der Waals surface area contributed by atoms with Gasteiger partial charge in [0.1, 0.15) is 0 Å². The number of nitrogens with zero attached hydrogens (tertiary/aromatic N) is 3. The summed E-state index contributed by atoms with van der Waals surface area (Å²) in [7, 11) is 1.77. The fourth-order valence-electron chi connectivity index (χ4n) is 4.30. The number of aromatic nitrogens is 3. The molecule has 1 aliphatic heterocycles. The first-order valence-corrected chi connectivity index (χ1v) is 9.83. The van der Waals surface area contributed by atoms with E-state index in [0.29, 0.717) is 16.7 Å². The molecule has 4 aromatic rings. The number of benzene rings is 2. The number of halogens is 2. The van der Waals surface area contributed by atoms with E-state index in [9.17, 15) is 13.6 Å². The van der Waals surface area contributed by atoms with Crippen molar-refractivity contribution in [1.82, 2.24) is 14.8 Å². The third-order valence-corrected chi connectivity index (χ3v) is 5.76. The molecule has 0 aliphatic carbocycles. The summed E-state index contributed by atoms with van der Waals surface area (Å²) >= 11 is 0. The first-order chi connectivity index (χ1) is 14.5. The number of carbonyl (C=O) groups excluding carboxylic acids is 1. The summed E-state index contributed by atoms with van der Waals surface area (Å²) in [6.45, 7) is 0.730. The molecule has 0 radical (unpaired) electrons. The van der Waals surface area contributed by atoms with Crippen LogP contribution in [0.1, 0.15) is 34.3 Å². The summed E-state index contributed by atoms with van der Waals surface area (Å²) in [4.78, 5) is 16.5. The van der Waals surface area contributed by atoms with Crippen molar-refractivity contribution >= 4 is 28.6 Å². The Morgan fingerprint density at radius 1 is 1.23 bits per heavy atom. The second kappa shape index (κ2) is 7.09. The van der Waals surface area contributed by atoms with Crippen molar-refractivity contribution in [3.05, 3.63) is 65.6 Å². The van der Waals surface area contributed by atoms with E-state index in [2.05, 4.69) is 15.0 Å². The maximum Gasteiger partial charge on any atom is 0.264 e. The van der Waals surface area contributed by atoms with Crippen LogP contribution in [0.5, 0.6) is 0 Å². The van der Waals surface area contributed by atoms with Crippen molar-refractivity contribution < 1.29 is 13.6 Å². The van der Waals surface area contributed by atoms with Gasteiger partial charge < -0.3 is 9.88 Å². The molecule has 30 heavy (non-hydrogen) atoms. The SMILES string of the molecule is Cn1cc(-c2cc3c(cc2C(F)F)N(c2ccc4[nH]cc(C=O)c4c2)CCC3)cn1. The maximum atomic E-state index is 14.0. The molecule has 5 nitrogen and oxygen atoms in total. The lowest BCUT2D eigenvalue weighted by atomic mass is 9.92. The number of anilines is 2. The van der Waals surface area contributed by atoms with Crippen molar-refractivity contribution in [3.8, 4) is 11.1 Å². The minimum Gasteiger partial charge on any atom is -0.360 e. The Morgan fingerprint density at radius 3 is 2.83 bits per heavy atom. The largest absolute Gasteiger partial charge is 0.360 e. The molecule has 7 heteroatoms. The van der Waals surface area contributed by atoms with Gasteiger partial charge in [0.15, 0.2) is 6.29 Å². The van der Waals surface area contributed by atoms with Crippen molar-refractivity contribution in [3.63, 3.8) is 0 Å². The van der Waals surface area contributed by atoms with Gasteiger partial charge in [0.05, 0.1) is 6.20 Å². The van der Waals surface area contributed by atoms with Crippen LogP contribution in [-0.4, -0.2) is 27.6 Å². The molecular weight excluding hydrogens is 386 g/mol. The minimum absolute atomic E-state index is 0.00459. The Balaban J connectivity index is 1.65. The molecule has 152 valence electrons. The van der Waals surface area contributed by atoms with Crippen LogP contribution in [0, 0.1) is 0 Å². The number of aldehydes is 1. The van der Waals surface area contributed by atoms with Gasteiger partial charge >= 0.3 is 0 Å². The Bertz CT molecular complexity index is 1260. The second-order valence-corrected chi connectivity index (χ2v) is 7.62. The highest BCUT2D eigenvalue weighted by atomic mass is 19.3. The topological polar surface area (TPSA) is 53.9 Å². The number of fused-ring (bicyclic) bond motifs is 2. The summed E-state index contributed by atoms with van der Waals surface area (Å²) < 4.78 is 29.6. The highest BCUT2D eigenvalue weighted by molar-refractivity contribution is 5.99. The Kier molecular flexibility index (Phi) is 4.38. The summed E-state index contributed by atoms with van der Waals surface area (Å²) in [5.74, 6) is 0. The average molecular weight is 406 g/mol. The van der Waals surface area contributed by atoms with Crippen LogP contribution in [0.2, 0.25) is 0 Å². The Hall–Kier alpha value is -3.48. The van der Waals surface area contributed by atoms with Gasteiger partial charge in [0.2, 0.25) is 0 Å². The summed E-state index contributed by atoms with van der Waals surface area (Å²) in [6, 6.07) is 9.32. The number of alkyl halides is 2. The van der Waals surface area contributed by atoms with E-state index >= 15 is 0 Å².